The van der Waals surface area contributed by atoms with Crippen LogP contribution in [0.1, 0.15) is 30.3 Å². The summed E-state index contributed by atoms with van der Waals surface area (Å²) in [6.07, 6.45) is 1.06. The molecule has 1 fully saturated rings. The molecule has 1 aliphatic heterocycles. The van der Waals surface area contributed by atoms with Crippen LogP contribution >= 0.6 is 0 Å². The Bertz CT molecular complexity index is 1100. The molecule has 0 saturated carbocycles. The van der Waals surface area contributed by atoms with E-state index >= 15 is 0 Å². The Morgan fingerprint density at radius 3 is 2.19 bits per heavy atom. The summed E-state index contributed by atoms with van der Waals surface area (Å²) < 4.78 is 33.3. The summed E-state index contributed by atoms with van der Waals surface area (Å²) in [5.41, 5.74) is 2.00. The maximum atomic E-state index is 13.4. The standard InChI is InChI=1S/C24H23F2N3O3/c1-2-32-24(31)17-11-13-28(14-12-17)23(30)22-15-21(16-3-5-18(25)6-4-16)27-29(22)20-9-7-19(26)8-10-20/h3-10,15,17H,2,11-14H2,1H3. The van der Waals surface area contributed by atoms with Crippen LogP contribution in [0.25, 0.3) is 16.9 Å². The zero-order valence-corrected chi connectivity index (χ0v) is 17.6. The van der Waals surface area contributed by atoms with E-state index in [0.29, 0.717) is 55.2 Å². The fourth-order valence-corrected chi connectivity index (χ4v) is 3.81. The predicted molar refractivity (Wildman–Crippen MR) is 114 cm³/mol. The van der Waals surface area contributed by atoms with Gasteiger partial charge < -0.3 is 9.64 Å². The number of nitrogens with zero attached hydrogens (tertiary/aromatic N) is 3. The van der Waals surface area contributed by atoms with Gasteiger partial charge in [-0.1, -0.05) is 0 Å². The molecule has 1 saturated heterocycles. The Kier molecular flexibility index (Phi) is 6.30. The van der Waals surface area contributed by atoms with Crippen LogP contribution in [-0.4, -0.2) is 46.3 Å². The van der Waals surface area contributed by atoms with E-state index in [4.69, 9.17) is 4.74 Å². The summed E-state index contributed by atoms with van der Waals surface area (Å²) in [5.74, 6) is -1.44. The predicted octanol–water partition coefficient (Wildman–Crippen LogP) is 4.23. The Hall–Kier alpha value is -3.55. The second-order valence-corrected chi connectivity index (χ2v) is 7.63. The lowest BCUT2D eigenvalue weighted by Gasteiger charge is -2.30. The smallest absolute Gasteiger partial charge is 0.309 e. The van der Waals surface area contributed by atoms with Gasteiger partial charge in [-0.15, -0.1) is 0 Å². The number of aromatic nitrogens is 2. The van der Waals surface area contributed by atoms with E-state index in [1.807, 2.05) is 0 Å². The first-order valence-electron chi connectivity index (χ1n) is 10.5. The molecule has 0 radical (unpaired) electrons. The number of esters is 1. The van der Waals surface area contributed by atoms with Gasteiger partial charge in [-0.3, -0.25) is 9.59 Å². The number of amides is 1. The van der Waals surface area contributed by atoms with E-state index in [0.717, 1.165) is 0 Å². The zero-order valence-electron chi connectivity index (χ0n) is 17.6. The largest absolute Gasteiger partial charge is 0.466 e. The van der Waals surface area contributed by atoms with Gasteiger partial charge in [0.2, 0.25) is 0 Å². The summed E-state index contributed by atoms with van der Waals surface area (Å²) in [5, 5.41) is 4.54. The highest BCUT2D eigenvalue weighted by molar-refractivity contribution is 5.94. The lowest BCUT2D eigenvalue weighted by atomic mass is 9.97. The maximum absolute atomic E-state index is 13.4. The fraction of sp³-hybridized carbons (Fsp3) is 0.292. The SMILES string of the molecule is CCOC(=O)C1CCN(C(=O)c2cc(-c3ccc(F)cc3)nn2-c2ccc(F)cc2)CC1. The third-order valence-electron chi connectivity index (χ3n) is 5.54. The first-order valence-corrected chi connectivity index (χ1v) is 10.5. The van der Waals surface area contributed by atoms with Crippen molar-refractivity contribution < 1.29 is 23.1 Å². The van der Waals surface area contributed by atoms with Gasteiger partial charge in [0.15, 0.2) is 0 Å². The Morgan fingerprint density at radius 1 is 1.00 bits per heavy atom. The van der Waals surface area contributed by atoms with Crippen molar-refractivity contribution in [3.05, 3.63) is 71.9 Å². The van der Waals surface area contributed by atoms with Crippen molar-refractivity contribution in [2.75, 3.05) is 19.7 Å². The molecule has 6 nitrogen and oxygen atoms in total. The fourth-order valence-electron chi connectivity index (χ4n) is 3.81. The highest BCUT2D eigenvalue weighted by Crippen LogP contribution is 2.25. The molecule has 4 rings (SSSR count). The van der Waals surface area contributed by atoms with Crippen molar-refractivity contribution in [3.63, 3.8) is 0 Å². The van der Waals surface area contributed by atoms with Gasteiger partial charge in [0.1, 0.15) is 17.3 Å². The first-order chi connectivity index (χ1) is 15.5. The summed E-state index contributed by atoms with van der Waals surface area (Å²) in [4.78, 5) is 27.1. The molecule has 0 N–H and O–H groups in total. The molecule has 1 aliphatic rings. The van der Waals surface area contributed by atoms with Crippen LogP contribution in [0.5, 0.6) is 0 Å². The van der Waals surface area contributed by atoms with E-state index in [1.165, 1.54) is 28.9 Å². The number of carbonyl (C=O) groups is 2. The number of ether oxygens (including phenoxy) is 1. The number of rotatable bonds is 5. The molecule has 166 valence electrons. The second-order valence-electron chi connectivity index (χ2n) is 7.63. The van der Waals surface area contributed by atoms with Crippen LogP contribution in [0.2, 0.25) is 0 Å². The molecule has 8 heteroatoms. The number of carbonyl (C=O) groups excluding carboxylic acids is 2. The number of hydrogen-bond donors (Lipinski definition) is 0. The third kappa shape index (κ3) is 4.54. The number of piperidine rings is 1. The molecule has 0 unspecified atom stereocenters. The van der Waals surface area contributed by atoms with E-state index in [-0.39, 0.29) is 23.6 Å². The number of benzene rings is 2. The molecule has 3 aromatic rings. The van der Waals surface area contributed by atoms with Gasteiger partial charge in [0, 0.05) is 18.7 Å². The van der Waals surface area contributed by atoms with Crippen molar-refractivity contribution >= 4 is 11.9 Å². The van der Waals surface area contributed by atoms with Gasteiger partial charge in [0.25, 0.3) is 5.91 Å². The topological polar surface area (TPSA) is 64.4 Å². The minimum atomic E-state index is -0.395. The van der Waals surface area contributed by atoms with E-state index in [9.17, 15) is 18.4 Å². The quantitative estimate of drug-likeness (QED) is 0.558. The zero-order chi connectivity index (χ0) is 22.7. The molecule has 2 aromatic carbocycles. The van der Waals surface area contributed by atoms with Crippen molar-refractivity contribution in [1.82, 2.24) is 14.7 Å². The lowest BCUT2D eigenvalue weighted by molar-refractivity contribution is -0.149. The lowest BCUT2D eigenvalue weighted by Crippen LogP contribution is -2.41. The summed E-state index contributed by atoms with van der Waals surface area (Å²) in [7, 11) is 0. The Labute approximate surface area is 184 Å². The van der Waals surface area contributed by atoms with Crippen LogP contribution < -0.4 is 0 Å². The highest BCUT2D eigenvalue weighted by Gasteiger charge is 2.30. The molecule has 32 heavy (non-hydrogen) atoms. The molecular weight excluding hydrogens is 416 g/mol. The first kappa shape index (κ1) is 21.7. The molecular formula is C24H23F2N3O3. The van der Waals surface area contributed by atoms with E-state index in [1.54, 1.807) is 42.2 Å². The monoisotopic (exact) mass is 439 g/mol. The van der Waals surface area contributed by atoms with Crippen molar-refractivity contribution in [2.24, 2.45) is 5.92 Å². The van der Waals surface area contributed by atoms with Crippen LogP contribution in [0.3, 0.4) is 0 Å². The summed E-state index contributed by atoms with van der Waals surface area (Å²) in [6.45, 7) is 2.94. The van der Waals surface area contributed by atoms with Crippen LogP contribution in [-0.2, 0) is 9.53 Å². The van der Waals surface area contributed by atoms with Gasteiger partial charge in [-0.2, -0.15) is 5.10 Å². The van der Waals surface area contributed by atoms with Gasteiger partial charge in [-0.25, -0.2) is 13.5 Å². The number of hydrogen-bond acceptors (Lipinski definition) is 4. The Balaban J connectivity index is 1.63. The minimum absolute atomic E-state index is 0.212. The van der Waals surface area contributed by atoms with Gasteiger partial charge >= 0.3 is 5.97 Å². The van der Waals surface area contributed by atoms with Gasteiger partial charge in [-0.05, 0) is 74.4 Å². The molecule has 0 spiro atoms. The minimum Gasteiger partial charge on any atom is -0.466 e. The molecule has 1 aromatic heterocycles. The number of likely N-dealkylation sites (tertiary alicyclic amines) is 1. The molecule has 1 amide bonds. The molecule has 0 bridgehead atoms. The average Bonchev–Trinajstić information content (AvgIpc) is 3.25. The molecule has 0 aliphatic carbocycles. The van der Waals surface area contributed by atoms with Crippen molar-refractivity contribution in [2.45, 2.75) is 19.8 Å². The van der Waals surface area contributed by atoms with E-state index < -0.39 is 5.82 Å². The van der Waals surface area contributed by atoms with Crippen LogP contribution in [0.15, 0.2) is 54.6 Å². The van der Waals surface area contributed by atoms with Gasteiger partial charge in [0.05, 0.1) is 23.9 Å². The Morgan fingerprint density at radius 2 is 1.59 bits per heavy atom. The van der Waals surface area contributed by atoms with Crippen molar-refractivity contribution in [3.8, 4) is 16.9 Å². The third-order valence-corrected chi connectivity index (χ3v) is 5.54. The molecule has 2 heterocycles. The van der Waals surface area contributed by atoms with Crippen LogP contribution in [0, 0.1) is 17.6 Å². The highest BCUT2D eigenvalue weighted by atomic mass is 19.1. The summed E-state index contributed by atoms with van der Waals surface area (Å²) in [6, 6.07) is 13.2. The second kappa shape index (κ2) is 9.30. The molecule has 0 atom stereocenters. The maximum Gasteiger partial charge on any atom is 0.309 e. The van der Waals surface area contributed by atoms with Crippen molar-refractivity contribution in [1.29, 1.82) is 0 Å². The number of halogens is 2. The van der Waals surface area contributed by atoms with Crippen LogP contribution in [0.4, 0.5) is 8.78 Å². The summed E-state index contributed by atoms with van der Waals surface area (Å²) >= 11 is 0. The normalized spacial score (nSPS) is 14.4. The van der Waals surface area contributed by atoms with E-state index in [2.05, 4.69) is 5.10 Å². The average molecular weight is 439 g/mol.